The molecule has 0 radical (unpaired) electrons. The molecule has 0 saturated heterocycles. The maximum Gasteiger partial charge on any atom is 0.476 e. The van der Waals surface area contributed by atoms with E-state index in [1.807, 2.05) is 0 Å². The monoisotopic (exact) mass is 280 g/mol. The van der Waals surface area contributed by atoms with E-state index in [-0.39, 0.29) is 24.8 Å². The van der Waals surface area contributed by atoms with Crippen LogP contribution in [0.2, 0.25) is 0 Å². The molecule has 0 aliphatic heterocycles. The van der Waals surface area contributed by atoms with Crippen LogP contribution in [0, 0.1) is 0 Å². The van der Waals surface area contributed by atoms with Crippen LogP contribution in [0.15, 0.2) is 0 Å². The first-order valence-electron chi connectivity index (χ1n) is 1.92. The Morgan fingerprint density at radius 3 is 1.67 bits per heavy atom. The molecule has 0 rings (SSSR count). The molecule has 1 atom stereocenters. The predicted molar refractivity (Wildman–Crippen MR) is 51.1 cm³/mol. The molecular formula is CH8Cl2O6P2S. The fraction of sp³-hybridized carbons (Fsp3) is 1.00. The maximum absolute atomic E-state index is 10.00. The van der Waals surface area contributed by atoms with E-state index in [4.69, 9.17) is 14.7 Å². The Labute approximate surface area is 86.6 Å². The van der Waals surface area contributed by atoms with E-state index in [1.165, 1.54) is 0 Å². The van der Waals surface area contributed by atoms with Gasteiger partial charge in [-0.25, -0.2) is 8.88 Å². The molecule has 0 aliphatic carbocycles. The van der Waals surface area contributed by atoms with Crippen LogP contribution in [-0.2, 0) is 25.2 Å². The van der Waals surface area contributed by atoms with Gasteiger partial charge in [-0.1, -0.05) is 0 Å². The van der Waals surface area contributed by atoms with Crippen molar-refractivity contribution in [3.8, 4) is 0 Å². The van der Waals surface area contributed by atoms with Gasteiger partial charge in [0.2, 0.25) is 0 Å². The lowest BCUT2D eigenvalue weighted by Gasteiger charge is -2.12. The van der Waals surface area contributed by atoms with Gasteiger partial charge in [-0.3, -0.25) is 0 Å². The molecular weight excluding hydrogens is 273 g/mol. The first-order chi connectivity index (χ1) is 4.27. The van der Waals surface area contributed by atoms with Gasteiger partial charge in [0, 0.05) is 7.11 Å². The molecule has 0 amide bonds. The van der Waals surface area contributed by atoms with Crippen molar-refractivity contribution in [2.75, 3.05) is 7.11 Å². The van der Waals surface area contributed by atoms with Crippen LogP contribution in [0.3, 0.4) is 0 Å². The third kappa shape index (κ3) is 11.3. The number of hydrogen-bond donors (Lipinski definition) is 3. The van der Waals surface area contributed by atoms with Crippen molar-refractivity contribution in [1.82, 2.24) is 0 Å². The average Bonchev–Trinajstić information content (AvgIpc) is 1.60. The van der Waals surface area contributed by atoms with Crippen molar-refractivity contribution in [2.24, 2.45) is 0 Å². The summed E-state index contributed by atoms with van der Waals surface area (Å²) in [5, 5.41) is 0. The Bertz CT molecular complexity index is 202. The molecule has 0 heterocycles. The highest BCUT2D eigenvalue weighted by atomic mass is 35.5. The predicted octanol–water partition coefficient (Wildman–Crippen LogP) is 0.802. The lowest BCUT2D eigenvalue weighted by molar-refractivity contribution is 0.243. The molecule has 11 heteroatoms. The standard InChI is InChI=1S/CH6O6P2S.2ClH/c1-6-9(5,10)7-8(2,3)4;;/h1H3,(H,5,10)(H2,2,3,4);2*1H. The summed E-state index contributed by atoms with van der Waals surface area (Å²) >= 11 is 4.12. The summed E-state index contributed by atoms with van der Waals surface area (Å²) in [6.07, 6.45) is 0. The van der Waals surface area contributed by atoms with Gasteiger partial charge in [-0.05, 0) is 11.8 Å². The Morgan fingerprint density at radius 1 is 1.25 bits per heavy atom. The third-order valence-corrected chi connectivity index (χ3v) is 3.63. The normalized spacial score (nSPS) is 15.3. The number of halogens is 2. The Hall–Kier alpha value is 1.26. The molecule has 6 nitrogen and oxygen atoms in total. The van der Waals surface area contributed by atoms with Gasteiger partial charge in [0.05, 0.1) is 0 Å². The van der Waals surface area contributed by atoms with Crippen LogP contribution in [0.5, 0.6) is 0 Å². The third-order valence-electron chi connectivity index (χ3n) is 0.440. The lowest BCUT2D eigenvalue weighted by Crippen LogP contribution is -1.88. The van der Waals surface area contributed by atoms with Crippen LogP contribution < -0.4 is 0 Å². The number of phosphoric acid groups is 1. The molecule has 0 spiro atoms. The second-order valence-corrected chi connectivity index (χ2v) is 5.54. The molecule has 0 aromatic rings. The molecule has 0 aliphatic rings. The molecule has 0 fully saturated rings. The van der Waals surface area contributed by atoms with Gasteiger partial charge in [0.1, 0.15) is 0 Å². The van der Waals surface area contributed by atoms with Crippen LogP contribution in [-0.4, -0.2) is 21.8 Å². The van der Waals surface area contributed by atoms with Gasteiger partial charge in [-0.2, -0.15) is 0 Å². The second kappa shape index (κ2) is 6.68. The molecule has 0 saturated carbocycles. The minimum atomic E-state index is -4.73. The summed E-state index contributed by atoms with van der Waals surface area (Å²) in [7, 11) is -3.74. The highest BCUT2D eigenvalue weighted by Crippen LogP contribution is 2.57. The molecule has 0 aromatic heterocycles. The van der Waals surface area contributed by atoms with Crippen molar-refractivity contribution >= 4 is 51.2 Å². The van der Waals surface area contributed by atoms with Gasteiger partial charge in [0.25, 0.3) is 0 Å². The fourth-order valence-corrected chi connectivity index (χ4v) is 2.29. The fourth-order valence-electron chi connectivity index (χ4n) is 0.168. The van der Waals surface area contributed by atoms with E-state index >= 15 is 0 Å². The number of rotatable bonds is 3. The van der Waals surface area contributed by atoms with Crippen LogP contribution in [0.25, 0.3) is 0 Å². The Balaban J connectivity index is -0.000000405. The largest absolute Gasteiger partial charge is 0.476 e. The molecule has 78 valence electrons. The Morgan fingerprint density at radius 2 is 1.58 bits per heavy atom. The first kappa shape index (κ1) is 18.9. The van der Waals surface area contributed by atoms with E-state index in [1.54, 1.807) is 0 Å². The lowest BCUT2D eigenvalue weighted by atomic mass is 11.8. The summed E-state index contributed by atoms with van der Waals surface area (Å²) in [6, 6.07) is 0. The highest BCUT2D eigenvalue weighted by Gasteiger charge is 2.26. The highest BCUT2D eigenvalue weighted by molar-refractivity contribution is 8.08. The summed E-state index contributed by atoms with van der Waals surface area (Å²) in [5.41, 5.74) is 0. The number of hydrogen-bond acceptors (Lipinski definition) is 4. The first-order valence-corrected chi connectivity index (χ1v) is 6.04. The van der Waals surface area contributed by atoms with Crippen molar-refractivity contribution in [2.45, 2.75) is 0 Å². The average molecular weight is 281 g/mol. The second-order valence-electron chi connectivity index (χ2n) is 1.22. The van der Waals surface area contributed by atoms with Crippen molar-refractivity contribution in [3.63, 3.8) is 0 Å². The molecule has 0 aromatic carbocycles. The van der Waals surface area contributed by atoms with Gasteiger partial charge < -0.3 is 19.2 Å². The summed E-state index contributed by atoms with van der Waals surface area (Å²) < 4.78 is 17.8. The zero-order valence-corrected chi connectivity index (χ0v) is 9.92. The molecule has 12 heavy (non-hydrogen) atoms. The van der Waals surface area contributed by atoms with E-state index in [9.17, 15) is 4.57 Å². The van der Waals surface area contributed by atoms with E-state index in [2.05, 4.69) is 20.6 Å². The van der Waals surface area contributed by atoms with Gasteiger partial charge in [0.15, 0.2) is 0 Å². The van der Waals surface area contributed by atoms with Crippen LogP contribution >= 0.6 is 39.4 Å². The minimum Gasteiger partial charge on any atom is -0.324 e. The smallest absolute Gasteiger partial charge is 0.324 e. The molecule has 1 unspecified atom stereocenters. The van der Waals surface area contributed by atoms with Crippen molar-refractivity contribution in [3.05, 3.63) is 0 Å². The molecule has 3 N–H and O–H groups in total. The zero-order valence-electron chi connectivity index (χ0n) is 5.69. The minimum absolute atomic E-state index is 0. The van der Waals surface area contributed by atoms with Crippen LogP contribution in [0.4, 0.5) is 0 Å². The van der Waals surface area contributed by atoms with E-state index in [0.717, 1.165) is 7.11 Å². The summed E-state index contributed by atoms with van der Waals surface area (Å²) in [6.45, 7) is -3.72. The van der Waals surface area contributed by atoms with E-state index < -0.39 is 14.5 Å². The quantitative estimate of drug-likeness (QED) is 0.658. The summed E-state index contributed by atoms with van der Waals surface area (Å²) in [4.78, 5) is 24.8. The molecule has 0 bridgehead atoms. The van der Waals surface area contributed by atoms with E-state index in [0.29, 0.717) is 0 Å². The SMILES string of the molecule is COP(O)(=S)OP(=O)(O)O.Cl.Cl. The maximum atomic E-state index is 10.00. The van der Waals surface area contributed by atoms with Gasteiger partial charge >= 0.3 is 14.5 Å². The zero-order chi connectivity index (χ0) is 8.41. The van der Waals surface area contributed by atoms with Gasteiger partial charge in [-0.15, -0.1) is 24.8 Å². The summed E-state index contributed by atoms with van der Waals surface area (Å²) in [5.74, 6) is 0. The van der Waals surface area contributed by atoms with Crippen LogP contribution in [0.1, 0.15) is 0 Å². The topological polar surface area (TPSA) is 96.2 Å². The Kier molecular flexibility index (Phi) is 10.5. The van der Waals surface area contributed by atoms with Crippen molar-refractivity contribution < 1.29 is 28.1 Å². The van der Waals surface area contributed by atoms with Crippen molar-refractivity contribution in [1.29, 1.82) is 0 Å².